The fourth-order valence-electron chi connectivity index (χ4n) is 10.4. The molecule has 1 amide bonds. The zero-order valence-corrected chi connectivity index (χ0v) is 46.0. The molecule has 0 radical (unpaired) electrons. The number of aliphatic hydroxyl groups excluding tert-OH is 8. The number of rotatable bonds is 49. The number of hydrogen-bond donors (Lipinski definition) is 9. The number of carbonyl (C=O) groups is 1. The quantitative estimate of drug-likeness (QED) is 0.0259. The molecule has 2 saturated heterocycles. The van der Waals surface area contributed by atoms with E-state index in [-0.39, 0.29) is 12.5 Å². The Kier molecular flexibility index (Phi) is 42.0. The molecule has 2 heterocycles. The van der Waals surface area contributed by atoms with E-state index in [1.807, 2.05) is 0 Å². The van der Waals surface area contributed by atoms with Gasteiger partial charge in [-0.05, 0) is 12.8 Å². The summed E-state index contributed by atoms with van der Waals surface area (Å²) in [6.07, 6.45) is 32.5. The zero-order valence-electron chi connectivity index (χ0n) is 46.0. The van der Waals surface area contributed by atoms with E-state index < -0.39 is 86.8 Å². The molecule has 0 aromatic carbocycles. The molecule has 2 rings (SSSR count). The SMILES string of the molecule is CCCCCCCCCCCCCCCCCCCCCCCCCC(=O)NC(COC1OC(CO)C(OC2OC(CO)C(O)C(O)C2O)C(O)C1O)C(O)CCCCCCCCCCCCCCCCC. The highest BCUT2D eigenvalue weighted by molar-refractivity contribution is 5.76. The van der Waals surface area contributed by atoms with Gasteiger partial charge in [0.2, 0.25) is 5.91 Å². The van der Waals surface area contributed by atoms with Crippen LogP contribution in [0.15, 0.2) is 0 Å². The van der Waals surface area contributed by atoms with Gasteiger partial charge in [0.05, 0.1) is 32.0 Å². The molecule has 9 N–H and O–H groups in total. The minimum absolute atomic E-state index is 0.200. The summed E-state index contributed by atoms with van der Waals surface area (Å²) in [7, 11) is 0. The molecule has 12 unspecified atom stereocenters. The van der Waals surface area contributed by atoms with Crippen LogP contribution in [0.4, 0.5) is 0 Å². The van der Waals surface area contributed by atoms with Gasteiger partial charge in [-0.2, -0.15) is 0 Å². The van der Waals surface area contributed by atoms with Crippen molar-refractivity contribution in [3.05, 3.63) is 0 Å². The number of unbranched alkanes of at least 4 members (excludes halogenated alkanes) is 36. The van der Waals surface area contributed by atoms with Gasteiger partial charge in [0.15, 0.2) is 12.6 Å². The van der Waals surface area contributed by atoms with Gasteiger partial charge in [-0.3, -0.25) is 4.79 Å². The van der Waals surface area contributed by atoms with Gasteiger partial charge < -0.3 is 65.1 Å². The van der Waals surface area contributed by atoms with Crippen LogP contribution in [0, 0.1) is 0 Å². The van der Waals surface area contributed by atoms with Crippen molar-refractivity contribution in [2.45, 2.75) is 344 Å². The topological polar surface area (TPSA) is 228 Å². The molecule has 428 valence electrons. The normalized spacial score (nSPS) is 25.5. The molecular weight excluding hydrogens is 919 g/mol. The second-order valence-corrected chi connectivity index (χ2v) is 21.8. The van der Waals surface area contributed by atoms with E-state index in [4.69, 9.17) is 18.9 Å². The number of hydrogen-bond acceptors (Lipinski definition) is 13. The monoisotopic (exact) mass is 1030 g/mol. The van der Waals surface area contributed by atoms with Gasteiger partial charge in [0.25, 0.3) is 0 Å². The Balaban J connectivity index is 1.72. The molecule has 0 saturated carbocycles. The molecule has 2 fully saturated rings. The Morgan fingerprint density at radius 2 is 0.792 bits per heavy atom. The van der Waals surface area contributed by atoms with Gasteiger partial charge in [-0.25, -0.2) is 0 Å². The summed E-state index contributed by atoms with van der Waals surface area (Å²) < 4.78 is 22.8. The lowest BCUT2D eigenvalue weighted by Crippen LogP contribution is -2.65. The number of amides is 1. The van der Waals surface area contributed by atoms with E-state index in [0.717, 1.165) is 51.4 Å². The Hall–Kier alpha value is -1.01. The van der Waals surface area contributed by atoms with Crippen LogP contribution < -0.4 is 5.32 Å². The van der Waals surface area contributed by atoms with Crippen LogP contribution in [0.3, 0.4) is 0 Å². The molecular formula is C58H113NO13. The van der Waals surface area contributed by atoms with Gasteiger partial charge >= 0.3 is 0 Å². The molecule has 2 aliphatic heterocycles. The van der Waals surface area contributed by atoms with Crippen LogP contribution in [0.2, 0.25) is 0 Å². The predicted molar refractivity (Wildman–Crippen MR) is 286 cm³/mol. The number of carbonyl (C=O) groups excluding carboxylic acids is 1. The van der Waals surface area contributed by atoms with Crippen LogP contribution in [-0.4, -0.2) is 140 Å². The lowest BCUT2D eigenvalue weighted by molar-refractivity contribution is -0.359. The summed E-state index contributed by atoms with van der Waals surface area (Å²) in [4.78, 5) is 13.3. The lowest BCUT2D eigenvalue weighted by Gasteiger charge is -2.46. The smallest absolute Gasteiger partial charge is 0.220 e. The van der Waals surface area contributed by atoms with Crippen LogP contribution in [0.5, 0.6) is 0 Å². The van der Waals surface area contributed by atoms with Gasteiger partial charge in [-0.1, -0.05) is 251 Å². The van der Waals surface area contributed by atoms with E-state index in [1.54, 1.807) is 0 Å². The van der Waals surface area contributed by atoms with Crippen molar-refractivity contribution in [1.29, 1.82) is 0 Å². The molecule has 12 atom stereocenters. The standard InChI is InChI=1S/C58H113NO13/c1-3-5-7-9-11-13-15-17-19-20-21-22-23-24-25-26-28-30-32-34-36-38-40-42-50(63)59-46(47(62)41-39-37-35-33-31-29-27-18-16-14-12-10-8-6-4-2)45-69-57-55(68)53(66)56(49(44-61)71-57)72-58-54(67)52(65)51(64)48(43-60)70-58/h46-49,51-58,60-62,64-68H,3-45H2,1-2H3,(H,59,63). The summed E-state index contributed by atoms with van der Waals surface area (Å²) in [5.41, 5.74) is 0. The van der Waals surface area contributed by atoms with Crippen molar-refractivity contribution >= 4 is 5.91 Å². The van der Waals surface area contributed by atoms with Gasteiger partial charge in [0, 0.05) is 6.42 Å². The van der Waals surface area contributed by atoms with Crippen LogP contribution >= 0.6 is 0 Å². The van der Waals surface area contributed by atoms with Crippen molar-refractivity contribution in [2.75, 3.05) is 19.8 Å². The molecule has 2 aliphatic rings. The molecule has 0 aliphatic carbocycles. The van der Waals surface area contributed by atoms with Crippen molar-refractivity contribution in [3.63, 3.8) is 0 Å². The van der Waals surface area contributed by atoms with Crippen LogP contribution in [0.1, 0.15) is 271 Å². The maximum atomic E-state index is 13.3. The summed E-state index contributed by atoms with van der Waals surface area (Å²) >= 11 is 0. The highest BCUT2D eigenvalue weighted by Crippen LogP contribution is 2.30. The Labute approximate surface area is 438 Å². The maximum absolute atomic E-state index is 13.3. The first-order chi connectivity index (χ1) is 35.1. The highest BCUT2D eigenvalue weighted by Gasteiger charge is 2.51. The van der Waals surface area contributed by atoms with Crippen molar-refractivity contribution in [1.82, 2.24) is 5.32 Å². The predicted octanol–water partition coefficient (Wildman–Crippen LogP) is 10.1. The van der Waals surface area contributed by atoms with E-state index in [1.165, 1.54) is 193 Å². The molecule has 72 heavy (non-hydrogen) atoms. The number of ether oxygens (including phenoxy) is 4. The second kappa shape index (κ2) is 45.1. The summed E-state index contributed by atoms with van der Waals surface area (Å²) in [6.45, 7) is 2.90. The molecule has 14 nitrogen and oxygen atoms in total. The van der Waals surface area contributed by atoms with E-state index in [9.17, 15) is 45.6 Å². The Morgan fingerprint density at radius 3 is 1.18 bits per heavy atom. The van der Waals surface area contributed by atoms with E-state index >= 15 is 0 Å². The average Bonchev–Trinajstić information content (AvgIpc) is 3.38. The second-order valence-electron chi connectivity index (χ2n) is 21.8. The summed E-state index contributed by atoms with van der Waals surface area (Å²) in [6, 6.07) is -0.822. The summed E-state index contributed by atoms with van der Waals surface area (Å²) in [5, 5.41) is 87.2. The summed E-state index contributed by atoms with van der Waals surface area (Å²) in [5.74, 6) is -0.200. The number of nitrogens with one attached hydrogen (secondary N) is 1. The highest BCUT2D eigenvalue weighted by atomic mass is 16.7. The molecule has 0 spiro atoms. The minimum Gasteiger partial charge on any atom is -0.394 e. The van der Waals surface area contributed by atoms with Crippen LogP contribution in [0.25, 0.3) is 0 Å². The third kappa shape index (κ3) is 30.7. The molecule has 0 aromatic heterocycles. The average molecular weight is 1030 g/mol. The molecule has 0 aromatic rings. The Bertz CT molecular complexity index is 1220. The first-order valence-corrected chi connectivity index (χ1v) is 30.3. The third-order valence-electron chi connectivity index (χ3n) is 15.3. The fraction of sp³-hybridized carbons (Fsp3) is 0.983. The maximum Gasteiger partial charge on any atom is 0.220 e. The van der Waals surface area contributed by atoms with Crippen molar-refractivity contribution < 1.29 is 64.6 Å². The van der Waals surface area contributed by atoms with Crippen molar-refractivity contribution in [2.24, 2.45) is 0 Å². The van der Waals surface area contributed by atoms with Gasteiger partial charge in [0.1, 0.15) is 48.8 Å². The first kappa shape index (κ1) is 67.1. The molecule has 14 heteroatoms. The zero-order chi connectivity index (χ0) is 52.4. The Morgan fingerprint density at radius 1 is 0.444 bits per heavy atom. The number of aliphatic hydroxyl groups is 8. The van der Waals surface area contributed by atoms with Gasteiger partial charge in [-0.15, -0.1) is 0 Å². The van der Waals surface area contributed by atoms with E-state index in [0.29, 0.717) is 12.8 Å². The molecule has 0 bridgehead atoms. The largest absolute Gasteiger partial charge is 0.394 e. The van der Waals surface area contributed by atoms with Crippen molar-refractivity contribution in [3.8, 4) is 0 Å². The minimum atomic E-state index is -1.78. The first-order valence-electron chi connectivity index (χ1n) is 30.3. The third-order valence-corrected chi connectivity index (χ3v) is 15.3. The fourth-order valence-corrected chi connectivity index (χ4v) is 10.4. The lowest BCUT2D eigenvalue weighted by atomic mass is 9.97. The van der Waals surface area contributed by atoms with E-state index in [2.05, 4.69) is 19.2 Å². The van der Waals surface area contributed by atoms with Crippen LogP contribution in [-0.2, 0) is 23.7 Å².